The zero-order valence-corrected chi connectivity index (χ0v) is 70.2. The van der Waals surface area contributed by atoms with E-state index in [-0.39, 0.29) is 0 Å². The summed E-state index contributed by atoms with van der Waals surface area (Å²) in [6.07, 6.45) is 12.6. The quantitative estimate of drug-likeness (QED) is 0.107. The molecule has 1 aliphatic carbocycles. The van der Waals surface area contributed by atoms with Gasteiger partial charge < -0.3 is 18.8 Å². The van der Waals surface area contributed by atoms with Gasteiger partial charge >= 0.3 is 0 Å². The predicted octanol–water partition coefficient (Wildman–Crippen LogP) is 28.1. The third kappa shape index (κ3) is 20.7. The Labute approximate surface area is 636 Å². The zero-order chi connectivity index (χ0) is 77.0. The molecule has 105 heavy (non-hydrogen) atoms. The van der Waals surface area contributed by atoms with E-state index in [1.807, 2.05) is 18.3 Å². The number of aromatic nitrogens is 10. The molecule has 12 nitrogen and oxygen atoms in total. The molecule has 0 saturated carbocycles. The van der Waals surface area contributed by atoms with E-state index in [4.69, 9.17) is 18.8 Å². The van der Waals surface area contributed by atoms with Crippen LogP contribution in [0.15, 0.2) is 124 Å². The third-order valence-corrected chi connectivity index (χ3v) is 21.0. The number of rotatable bonds is 14. The summed E-state index contributed by atoms with van der Waals surface area (Å²) >= 11 is 3.54. The number of fused-ring (bicyclic) bond motifs is 7. The van der Waals surface area contributed by atoms with Crippen molar-refractivity contribution in [1.29, 1.82) is 0 Å². The van der Waals surface area contributed by atoms with E-state index in [0.717, 1.165) is 68.0 Å². The van der Waals surface area contributed by atoms with E-state index in [0.29, 0.717) is 82.9 Å². The second-order valence-electron chi connectivity index (χ2n) is 32.5. The van der Waals surface area contributed by atoms with E-state index < -0.39 is 0 Å². The molecule has 0 aromatic carbocycles. The number of allylic oxidation sites excluding steroid dienone is 1. The molecule has 13 aromatic heterocycles. The summed E-state index contributed by atoms with van der Waals surface area (Å²) in [5.41, 5.74) is 27.3. The Balaban J connectivity index is 0.000000155. The minimum Gasteiger partial charge on any atom is -0.462 e. The molecule has 2 N–H and O–H groups in total. The van der Waals surface area contributed by atoms with Gasteiger partial charge in [-0.2, -0.15) is 0 Å². The van der Waals surface area contributed by atoms with Gasteiger partial charge in [0.1, 0.15) is 16.0 Å². The van der Waals surface area contributed by atoms with Gasteiger partial charge in [0, 0.05) is 73.8 Å². The summed E-state index contributed by atoms with van der Waals surface area (Å²) in [5.74, 6) is 7.12. The Hall–Kier alpha value is -8.20. The molecule has 0 radical (unpaired) electrons. The SMILES string of the molecule is CC(C)c1cc(C(C)C)c2[nH]cnc2n1.CC(C)c1cc(C(C)C)c2c(n1)C=CC2.CC(C)c1cc(C(C)C)c2cc[nH]c2n1.CC(C)c1cc(C(C)C)c2ccoc2n1.CC(C)c1cc(C(C)C)c2ccsc2n1.CC(C)c1cc(C(C)C)c2occc2n1.CC(C)c1cc(C(C)C)c2sccc2n1. The van der Waals surface area contributed by atoms with Gasteiger partial charge in [-0.15, -0.1) is 22.7 Å². The summed E-state index contributed by atoms with van der Waals surface area (Å²) < 4.78 is 12.2. The Morgan fingerprint density at radius 3 is 1.39 bits per heavy atom. The Morgan fingerprint density at radius 1 is 0.362 bits per heavy atom. The number of nitrogens with one attached hydrogen (secondary N) is 2. The summed E-state index contributed by atoms with van der Waals surface area (Å²) in [6.45, 7) is 61.7. The molecule has 0 spiro atoms. The fourth-order valence-electron chi connectivity index (χ4n) is 12.7. The monoisotopic (exact) mass is 1450 g/mol. The number of pyridine rings is 7. The van der Waals surface area contributed by atoms with E-state index in [2.05, 4.69) is 317 Å². The van der Waals surface area contributed by atoms with Crippen molar-refractivity contribution in [3.8, 4) is 0 Å². The highest BCUT2D eigenvalue weighted by atomic mass is 32.1. The molecular formula is C91H122N10O2S2. The Morgan fingerprint density at radius 2 is 0.819 bits per heavy atom. The van der Waals surface area contributed by atoms with Crippen molar-refractivity contribution in [3.63, 3.8) is 0 Å². The van der Waals surface area contributed by atoms with Crippen LogP contribution in [0.4, 0.5) is 0 Å². The van der Waals surface area contributed by atoms with E-state index >= 15 is 0 Å². The largest absolute Gasteiger partial charge is 0.462 e. The maximum absolute atomic E-state index is 5.48. The molecule has 14 rings (SSSR count). The smallest absolute Gasteiger partial charge is 0.226 e. The van der Waals surface area contributed by atoms with Gasteiger partial charge in [-0.3, -0.25) is 9.97 Å². The van der Waals surface area contributed by atoms with Crippen LogP contribution in [-0.4, -0.2) is 49.8 Å². The zero-order valence-electron chi connectivity index (χ0n) is 68.5. The molecule has 0 fully saturated rings. The lowest BCUT2D eigenvalue weighted by atomic mass is 9.94. The van der Waals surface area contributed by atoms with Crippen molar-refractivity contribution in [2.24, 2.45) is 0 Å². The first kappa shape index (κ1) is 82.5. The highest BCUT2D eigenvalue weighted by Gasteiger charge is 2.21. The maximum Gasteiger partial charge on any atom is 0.226 e. The lowest BCUT2D eigenvalue weighted by Crippen LogP contribution is -2.03. The molecule has 13 heterocycles. The molecule has 0 bridgehead atoms. The van der Waals surface area contributed by atoms with E-state index in [1.165, 1.54) is 93.3 Å². The topological polar surface area (TPSA) is 161 Å². The molecule has 0 atom stereocenters. The summed E-state index contributed by atoms with van der Waals surface area (Å²) in [5, 5.41) is 8.00. The van der Waals surface area contributed by atoms with Gasteiger partial charge in [0.15, 0.2) is 11.2 Å². The van der Waals surface area contributed by atoms with E-state index in [1.54, 1.807) is 41.5 Å². The predicted molar refractivity (Wildman–Crippen MR) is 451 cm³/mol. The van der Waals surface area contributed by atoms with Crippen LogP contribution in [-0.2, 0) is 6.42 Å². The fourth-order valence-corrected chi connectivity index (χ4v) is 14.5. The average molecular weight is 1450 g/mol. The Bertz CT molecular complexity index is 4260. The molecule has 13 aromatic rings. The highest BCUT2D eigenvalue weighted by molar-refractivity contribution is 7.17. The first-order valence-electron chi connectivity index (χ1n) is 38.7. The molecule has 0 aliphatic heterocycles. The van der Waals surface area contributed by atoms with Gasteiger partial charge in [0.2, 0.25) is 5.71 Å². The molecular weight excluding hydrogens is 1330 g/mol. The molecule has 0 unspecified atom stereocenters. The standard InChI is InChI=1S/C14H19N.C13H18N2.2C13H17NO.2C13H17NS.C12H17N3/c1-9(2)12-8-14(10(3)4)15-13-7-5-6-11(12)13;1-8(2)11-7-12(9(3)4)15-13-10(11)5-6-14-13;1-8(2)10-7-12(9(3)4)14-11-5-6-15-13(10)11;1-8(2)11-7-12(9(3)4)14-13-10(11)5-6-15-13;1-8(2)10-7-12(9(3)4)14-11-5-6-15-13(10)11;1-8(2)11-7-12(9(3)4)14-13-10(11)5-6-15-13;1-7(2)9-5-10(8(3)4)15-12-11(9)13-6-14-12/h5,7-10H,6H2,1-4H3;5-9H,1-4H3,(H,14,15);4*5-9H,1-4H3;5-8H,1-4H3,(H,13,14,15). The second-order valence-corrected chi connectivity index (χ2v) is 34.3. The van der Waals surface area contributed by atoms with Crippen LogP contribution in [0.3, 0.4) is 0 Å². The number of nitrogens with zero attached hydrogens (tertiary/aromatic N) is 8. The summed E-state index contributed by atoms with van der Waals surface area (Å²) in [7, 11) is 0. The molecule has 0 amide bonds. The molecule has 0 saturated heterocycles. The number of aromatic amines is 2. The van der Waals surface area contributed by atoms with Crippen LogP contribution in [0.1, 0.15) is 367 Å². The lowest BCUT2D eigenvalue weighted by Gasteiger charge is -2.15. The molecule has 14 heteroatoms. The number of hydrogen-bond acceptors (Lipinski definition) is 12. The molecule has 1 aliphatic rings. The third-order valence-electron chi connectivity index (χ3n) is 19.2. The van der Waals surface area contributed by atoms with Crippen molar-refractivity contribution in [2.75, 3.05) is 0 Å². The van der Waals surface area contributed by atoms with E-state index in [9.17, 15) is 0 Å². The van der Waals surface area contributed by atoms with Gasteiger partial charge in [-0.25, -0.2) is 29.9 Å². The second kappa shape index (κ2) is 36.9. The molecule has 560 valence electrons. The van der Waals surface area contributed by atoms with Crippen molar-refractivity contribution < 1.29 is 8.83 Å². The minimum absolute atomic E-state index is 0.442. The number of imidazole rings is 1. The first-order valence-corrected chi connectivity index (χ1v) is 40.5. The normalized spacial score (nSPS) is 12.2. The van der Waals surface area contributed by atoms with Crippen LogP contribution in [0, 0.1) is 0 Å². The summed E-state index contributed by atoms with van der Waals surface area (Å²) in [6, 6.07) is 26.0. The minimum atomic E-state index is 0.442. The van der Waals surface area contributed by atoms with Gasteiger partial charge in [0.25, 0.3) is 0 Å². The van der Waals surface area contributed by atoms with Crippen molar-refractivity contribution >= 4 is 93.6 Å². The number of hydrogen-bond donors (Lipinski definition) is 2. The first-order chi connectivity index (χ1) is 49.6. The maximum atomic E-state index is 5.48. The van der Waals surface area contributed by atoms with Gasteiger partial charge in [0.05, 0.1) is 40.3 Å². The highest BCUT2D eigenvalue weighted by Crippen LogP contribution is 2.36. The number of H-pyrrole nitrogens is 2. The van der Waals surface area contributed by atoms with Crippen LogP contribution >= 0.6 is 22.7 Å². The van der Waals surface area contributed by atoms with Gasteiger partial charge in [-0.05, 0) is 212 Å². The number of thiophene rings is 2. The van der Waals surface area contributed by atoms with Crippen LogP contribution in [0.5, 0.6) is 0 Å². The fraction of sp³-hybridized carbons (Fsp3) is 0.473. The van der Waals surface area contributed by atoms with Crippen LogP contribution < -0.4 is 0 Å². The van der Waals surface area contributed by atoms with Gasteiger partial charge in [-0.1, -0.05) is 200 Å². The average Bonchev–Trinajstić information content (AvgIpc) is 1.77. The number of furan rings is 2. The lowest BCUT2D eigenvalue weighted by molar-refractivity contribution is 0.598. The Kier molecular flexibility index (Phi) is 29.0. The summed E-state index contributed by atoms with van der Waals surface area (Å²) in [4.78, 5) is 44.1. The van der Waals surface area contributed by atoms with Crippen molar-refractivity contribution in [3.05, 3.63) is 205 Å². The van der Waals surface area contributed by atoms with Crippen LogP contribution in [0.25, 0.3) is 70.9 Å². The van der Waals surface area contributed by atoms with Crippen LogP contribution in [0.2, 0.25) is 0 Å². The van der Waals surface area contributed by atoms with Crippen molar-refractivity contribution in [2.45, 2.75) is 283 Å². The van der Waals surface area contributed by atoms with Crippen molar-refractivity contribution in [1.82, 2.24) is 49.8 Å².